The Morgan fingerprint density at radius 3 is 1.12 bits per heavy atom. The summed E-state index contributed by atoms with van der Waals surface area (Å²) in [7, 11) is 0. The molecule has 33 heavy (non-hydrogen) atoms. The molecule has 0 N–H and O–H groups in total. The van der Waals surface area contributed by atoms with Crippen molar-refractivity contribution in [3.8, 4) is 0 Å². The van der Waals surface area contributed by atoms with Crippen molar-refractivity contribution in [2.45, 2.75) is 187 Å². The number of carbonyl (C=O) groups is 1. The zero-order chi connectivity index (χ0) is 24.1. The maximum Gasteiger partial charge on any atom is 0.132 e. The van der Waals surface area contributed by atoms with E-state index in [2.05, 4.69) is 26.0 Å². The zero-order valence-electron chi connectivity index (χ0n) is 23.2. The maximum absolute atomic E-state index is 11.9. The molecule has 0 saturated heterocycles. The summed E-state index contributed by atoms with van der Waals surface area (Å²) in [5.74, 6) is 0.483. The molecule has 0 atom stereocenters. The fraction of sp³-hybridized carbons (Fsp3) is 0.906. The number of hydrogen-bond donors (Lipinski definition) is 0. The Morgan fingerprint density at radius 1 is 0.394 bits per heavy atom. The van der Waals surface area contributed by atoms with E-state index in [1.54, 1.807) is 0 Å². The normalized spacial score (nSPS) is 11.6. The number of rotatable bonds is 28. The van der Waals surface area contributed by atoms with Crippen LogP contribution in [-0.4, -0.2) is 5.78 Å². The topological polar surface area (TPSA) is 17.1 Å². The van der Waals surface area contributed by atoms with E-state index >= 15 is 0 Å². The Balaban J connectivity index is 3.17. The van der Waals surface area contributed by atoms with E-state index in [1.807, 2.05) is 0 Å². The first kappa shape index (κ1) is 32.4. The lowest BCUT2D eigenvalue weighted by molar-refractivity contribution is -0.119. The predicted octanol–water partition coefficient (Wildman–Crippen LogP) is 11.7. The molecule has 0 aliphatic rings. The van der Waals surface area contributed by atoms with Crippen molar-refractivity contribution >= 4 is 5.78 Å². The van der Waals surface area contributed by atoms with Gasteiger partial charge in [0.15, 0.2) is 0 Å². The lowest BCUT2D eigenvalue weighted by Crippen LogP contribution is -1.97. The minimum Gasteiger partial charge on any atom is -0.300 e. The number of Topliss-reactive ketones (excluding diaryl/α,β-unsaturated/α-hetero) is 1. The maximum atomic E-state index is 11.9. The Kier molecular flexibility index (Phi) is 28.9. The molecule has 0 bridgehead atoms. The van der Waals surface area contributed by atoms with Crippen molar-refractivity contribution in [1.82, 2.24) is 0 Å². The molecule has 0 aromatic carbocycles. The van der Waals surface area contributed by atoms with Crippen molar-refractivity contribution in [3.63, 3.8) is 0 Å². The minimum absolute atomic E-state index is 0.483. The van der Waals surface area contributed by atoms with Crippen LogP contribution in [0.1, 0.15) is 187 Å². The molecule has 0 aliphatic heterocycles. The van der Waals surface area contributed by atoms with E-state index in [1.165, 1.54) is 141 Å². The van der Waals surface area contributed by atoms with Gasteiger partial charge in [0.05, 0.1) is 0 Å². The van der Waals surface area contributed by atoms with E-state index in [-0.39, 0.29) is 0 Å². The third-order valence-corrected chi connectivity index (χ3v) is 7.03. The Labute approximate surface area is 210 Å². The van der Waals surface area contributed by atoms with Crippen LogP contribution in [0.15, 0.2) is 12.2 Å². The van der Waals surface area contributed by atoms with E-state index < -0.39 is 0 Å². The summed E-state index contributed by atoms with van der Waals surface area (Å²) in [6.45, 7) is 4.54. The average Bonchev–Trinajstić information content (AvgIpc) is 2.82. The van der Waals surface area contributed by atoms with Crippen molar-refractivity contribution in [1.29, 1.82) is 0 Å². The van der Waals surface area contributed by atoms with Crippen LogP contribution in [0.3, 0.4) is 0 Å². The highest BCUT2D eigenvalue weighted by Crippen LogP contribution is 2.14. The van der Waals surface area contributed by atoms with Crippen molar-refractivity contribution in [2.24, 2.45) is 0 Å². The van der Waals surface area contributed by atoms with Crippen LogP contribution in [0, 0.1) is 0 Å². The Morgan fingerprint density at radius 2 is 0.697 bits per heavy atom. The van der Waals surface area contributed by atoms with Gasteiger partial charge in [0.2, 0.25) is 0 Å². The van der Waals surface area contributed by atoms with Crippen LogP contribution in [0.2, 0.25) is 0 Å². The molecule has 0 saturated carbocycles. The SMILES string of the molecule is CCCCCCCCCCCCCCCCCC/C=C/CCCC(=O)CCCCCCCC. The van der Waals surface area contributed by atoms with E-state index in [0.29, 0.717) is 5.78 Å². The second-order valence-corrected chi connectivity index (χ2v) is 10.5. The van der Waals surface area contributed by atoms with Gasteiger partial charge >= 0.3 is 0 Å². The number of hydrogen-bond acceptors (Lipinski definition) is 1. The number of unbranched alkanes of at least 4 members (excludes halogenated alkanes) is 22. The third-order valence-electron chi connectivity index (χ3n) is 7.03. The van der Waals surface area contributed by atoms with E-state index in [9.17, 15) is 4.79 Å². The van der Waals surface area contributed by atoms with E-state index in [4.69, 9.17) is 0 Å². The second kappa shape index (κ2) is 29.4. The standard InChI is InChI=1S/C32H62O/c1-3-5-7-9-11-12-13-14-15-16-17-18-19-20-21-22-23-24-25-27-29-31-32(33)30-28-26-10-8-6-4-2/h24-25H,3-23,26-31H2,1-2H3/b25-24+. The molecule has 0 heterocycles. The summed E-state index contributed by atoms with van der Waals surface area (Å²) in [6.07, 6.45) is 40.2. The molecule has 0 rings (SSSR count). The zero-order valence-corrected chi connectivity index (χ0v) is 23.2. The highest BCUT2D eigenvalue weighted by molar-refractivity contribution is 5.78. The highest BCUT2D eigenvalue weighted by Gasteiger charge is 2.01. The predicted molar refractivity (Wildman–Crippen MR) is 150 cm³/mol. The fourth-order valence-electron chi connectivity index (χ4n) is 4.69. The Hall–Kier alpha value is -0.590. The van der Waals surface area contributed by atoms with Gasteiger partial charge in [-0.25, -0.2) is 0 Å². The summed E-state index contributed by atoms with van der Waals surface area (Å²) in [5.41, 5.74) is 0. The molecule has 196 valence electrons. The van der Waals surface area contributed by atoms with Crippen molar-refractivity contribution < 1.29 is 4.79 Å². The van der Waals surface area contributed by atoms with Gasteiger partial charge in [0, 0.05) is 12.8 Å². The number of allylic oxidation sites excluding steroid dienone is 2. The van der Waals surface area contributed by atoms with Crippen LogP contribution in [0.5, 0.6) is 0 Å². The number of carbonyl (C=O) groups excluding carboxylic acids is 1. The molecular formula is C32H62O. The fourth-order valence-corrected chi connectivity index (χ4v) is 4.69. The van der Waals surface area contributed by atoms with Gasteiger partial charge in [-0.3, -0.25) is 4.79 Å². The average molecular weight is 463 g/mol. The van der Waals surface area contributed by atoms with Crippen molar-refractivity contribution in [2.75, 3.05) is 0 Å². The Bertz CT molecular complexity index is 397. The molecule has 0 spiro atoms. The highest BCUT2D eigenvalue weighted by atomic mass is 16.1. The van der Waals surface area contributed by atoms with Gasteiger partial charge in [-0.1, -0.05) is 154 Å². The molecule has 1 heteroatoms. The van der Waals surface area contributed by atoms with Crippen LogP contribution in [-0.2, 0) is 4.79 Å². The van der Waals surface area contributed by atoms with Crippen LogP contribution >= 0.6 is 0 Å². The van der Waals surface area contributed by atoms with Gasteiger partial charge < -0.3 is 0 Å². The molecule has 1 nitrogen and oxygen atoms in total. The van der Waals surface area contributed by atoms with Gasteiger partial charge in [0.1, 0.15) is 5.78 Å². The molecular weight excluding hydrogens is 400 g/mol. The minimum atomic E-state index is 0.483. The van der Waals surface area contributed by atoms with Gasteiger partial charge in [-0.2, -0.15) is 0 Å². The second-order valence-electron chi connectivity index (χ2n) is 10.5. The summed E-state index contributed by atoms with van der Waals surface area (Å²) in [5, 5.41) is 0. The largest absolute Gasteiger partial charge is 0.300 e. The molecule has 0 aromatic rings. The van der Waals surface area contributed by atoms with Crippen molar-refractivity contribution in [3.05, 3.63) is 12.2 Å². The molecule has 0 aromatic heterocycles. The van der Waals surface area contributed by atoms with Gasteiger partial charge in [-0.15, -0.1) is 0 Å². The molecule has 0 fully saturated rings. The first-order valence-electron chi connectivity index (χ1n) is 15.5. The van der Waals surface area contributed by atoms with Gasteiger partial charge in [-0.05, 0) is 32.1 Å². The molecule has 0 amide bonds. The van der Waals surface area contributed by atoms with Crippen LogP contribution in [0.4, 0.5) is 0 Å². The molecule has 0 unspecified atom stereocenters. The summed E-state index contributed by atoms with van der Waals surface area (Å²) >= 11 is 0. The summed E-state index contributed by atoms with van der Waals surface area (Å²) in [4.78, 5) is 11.9. The third kappa shape index (κ3) is 29.4. The smallest absolute Gasteiger partial charge is 0.132 e. The lowest BCUT2D eigenvalue weighted by Gasteiger charge is -2.03. The van der Waals surface area contributed by atoms with E-state index in [0.717, 1.165) is 32.1 Å². The summed E-state index contributed by atoms with van der Waals surface area (Å²) < 4.78 is 0. The summed E-state index contributed by atoms with van der Waals surface area (Å²) in [6, 6.07) is 0. The van der Waals surface area contributed by atoms with Gasteiger partial charge in [0.25, 0.3) is 0 Å². The molecule has 0 aliphatic carbocycles. The first-order valence-corrected chi connectivity index (χ1v) is 15.5. The lowest BCUT2D eigenvalue weighted by atomic mass is 10.0. The first-order chi connectivity index (χ1) is 16.3. The van der Waals surface area contributed by atoms with Crippen LogP contribution in [0.25, 0.3) is 0 Å². The quantitative estimate of drug-likeness (QED) is 0.0834. The monoisotopic (exact) mass is 462 g/mol. The van der Waals surface area contributed by atoms with Crippen LogP contribution < -0.4 is 0 Å². The molecule has 0 radical (unpaired) electrons. The number of ketones is 1.